The molecule has 0 saturated carbocycles. The first-order valence-corrected chi connectivity index (χ1v) is 7.11. The van der Waals surface area contributed by atoms with Gasteiger partial charge in [-0.3, -0.25) is 4.90 Å². The van der Waals surface area contributed by atoms with Crippen molar-refractivity contribution in [3.63, 3.8) is 0 Å². The van der Waals surface area contributed by atoms with E-state index in [0.717, 1.165) is 19.0 Å². The minimum absolute atomic E-state index is 0.460. The molecule has 1 aliphatic rings. The Bertz CT molecular complexity index is 210. The summed E-state index contributed by atoms with van der Waals surface area (Å²) in [5.74, 6) is 0. The van der Waals surface area contributed by atoms with Crippen molar-refractivity contribution in [3.8, 4) is 0 Å². The van der Waals surface area contributed by atoms with Crippen LogP contribution in [0.4, 0.5) is 0 Å². The lowest BCUT2D eigenvalue weighted by Crippen LogP contribution is -2.49. The van der Waals surface area contributed by atoms with E-state index in [1.54, 1.807) is 21.3 Å². The molecule has 0 bridgehead atoms. The van der Waals surface area contributed by atoms with Gasteiger partial charge < -0.3 is 13.3 Å². The van der Waals surface area contributed by atoms with Crippen molar-refractivity contribution in [3.05, 3.63) is 12.2 Å². The van der Waals surface area contributed by atoms with E-state index in [-0.39, 0.29) is 0 Å². The lowest BCUT2D eigenvalue weighted by atomic mass is 10.1. The Balaban J connectivity index is 2.61. The van der Waals surface area contributed by atoms with Crippen molar-refractivity contribution in [2.45, 2.75) is 18.5 Å². The minimum atomic E-state index is -2.42. The maximum Gasteiger partial charge on any atom is 0.501 e. The summed E-state index contributed by atoms with van der Waals surface area (Å²) in [6.45, 7) is 0.992. The highest BCUT2D eigenvalue weighted by atomic mass is 28.4. The molecule has 4 nitrogen and oxygen atoms in total. The Kier molecular flexibility index (Phi) is 4.94. The van der Waals surface area contributed by atoms with Gasteiger partial charge in [-0.1, -0.05) is 12.2 Å². The molecular formula is C10H21NO3Si. The summed E-state index contributed by atoms with van der Waals surface area (Å²) < 4.78 is 16.3. The first-order chi connectivity index (χ1) is 7.17. The van der Waals surface area contributed by atoms with Crippen molar-refractivity contribution >= 4 is 8.80 Å². The fourth-order valence-corrected chi connectivity index (χ4v) is 3.91. The summed E-state index contributed by atoms with van der Waals surface area (Å²) in [5.41, 5.74) is 0. The molecule has 1 rings (SSSR count). The van der Waals surface area contributed by atoms with Crippen molar-refractivity contribution in [2.75, 3.05) is 34.9 Å². The van der Waals surface area contributed by atoms with Gasteiger partial charge in [0, 0.05) is 40.0 Å². The Hall–Kier alpha value is -0.203. The van der Waals surface area contributed by atoms with E-state index in [4.69, 9.17) is 13.3 Å². The lowest BCUT2D eigenvalue weighted by molar-refractivity contribution is 0.111. The standard InChI is InChI=1S/C10H21NO3Si/c1-11-8-6-5-7-10(11)9-15(12-2,13-3)14-4/h5-6,10H,7-9H2,1-4H3. The van der Waals surface area contributed by atoms with Gasteiger partial charge in [0.2, 0.25) is 0 Å². The summed E-state index contributed by atoms with van der Waals surface area (Å²) in [6, 6.07) is 1.30. The van der Waals surface area contributed by atoms with Crippen molar-refractivity contribution in [2.24, 2.45) is 0 Å². The maximum absolute atomic E-state index is 5.43. The Morgan fingerprint density at radius 1 is 1.20 bits per heavy atom. The zero-order chi connectivity index (χ0) is 11.3. The molecule has 0 amide bonds. The van der Waals surface area contributed by atoms with Crippen LogP contribution in [0.1, 0.15) is 6.42 Å². The van der Waals surface area contributed by atoms with Crippen LogP contribution in [0.25, 0.3) is 0 Å². The molecule has 5 heteroatoms. The summed E-state index contributed by atoms with van der Waals surface area (Å²) in [4.78, 5) is 2.30. The van der Waals surface area contributed by atoms with Gasteiger partial charge in [-0.2, -0.15) is 0 Å². The van der Waals surface area contributed by atoms with E-state index in [9.17, 15) is 0 Å². The predicted molar refractivity (Wildman–Crippen MR) is 61.8 cm³/mol. The summed E-state index contributed by atoms with van der Waals surface area (Å²) in [6.07, 6.45) is 5.44. The average Bonchev–Trinajstić information content (AvgIpc) is 2.29. The van der Waals surface area contributed by atoms with E-state index in [1.165, 1.54) is 0 Å². The molecule has 0 N–H and O–H groups in total. The molecule has 1 aliphatic heterocycles. The zero-order valence-corrected chi connectivity index (χ0v) is 11.0. The van der Waals surface area contributed by atoms with Crippen LogP contribution in [0.5, 0.6) is 0 Å². The monoisotopic (exact) mass is 231 g/mol. The fourth-order valence-electron chi connectivity index (χ4n) is 1.85. The van der Waals surface area contributed by atoms with Crippen LogP contribution >= 0.6 is 0 Å². The van der Waals surface area contributed by atoms with Gasteiger partial charge >= 0.3 is 8.80 Å². The van der Waals surface area contributed by atoms with Gasteiger partial charge in [-0.05, 0) is 13.5 Å². The van der Waals surface area contributed by atoms with Crippen molar-refractivity contribution < 1.29 is 13.3 Å². The Morgan fingerprint density at radius 3 is 2.27 bits per heavy atom. The Labute approximate surface area is 93.2 Å². The molecular weight excluding hydrogens is 210 g/mol. The third kappa shape index (κ3) is 3.12. The van der Waals surface area contributed by atoms with Gasteiger partial charge in [0.15, 0.2) is 0 Å². The van der Waals surface area contributed by atoms with E-state index >= 15 is 0 Å². The quantitative estimate of drug-likeness (QED) is 0.524. The minimum Gasteiger partial charge on any atom is -0.377 e. The molecule has 0 saturated heterocycles. The van der Waals surface area contributed by atoms with Crippen molar-refractivity contribution in [1.29, 1.82) is 0 Å². The van der Waals surface area contributed by atoms with Crippen LogP contribution in [-0.2, 0) is 13.3 Å². The number of likely N-dealkylation sites (N-methyl/N-ethyl adjacent to an activating group) is 1. The zero-order valence-electron chi connectivity index (χ0n) is 10.0. The first-order valence-electron chi connectivity index (χ1n) is 5.18. The fraction of sp³-hybridized carbons (Fsp3) is 0.800. The highest BCUT2D eigenvalue weighted by molar-refractivity contribution is 6.60. The number of nitrogens with zero attached hydrogens (tertiary/aromatic N) is 1. The third-order valence-corrected chi connectivity index (χ3v) is 5.85. The van der Waals surface area contributed by atoms with Gasteiger partial charge in [0.05, 0.1) is 0 Å². The SMILES string of the molecule is CO[Si](CC1CC=CCN1C)(OC)OC. The second-order valence-corrected chi connectivity index (χ2v) is 6.80. The lowest BCUT2D eigenvalue weighted by Gasteiger charge is -2.34. The van der Waals surface area contributed by atoms with E-state index in [0.29, 0.717) is 6.04 Å². The van der Waals surface area contributed by atoms with E-state index < -0.39 is 8.80 Å². The first kappa shape index (κ1) is 12.9. The van der Waals surface area contributed by atoms with Crippen LogP contribution in [0.2, 0.25) is 6.04 Å². The van der Waals surface area contributed by atoms with Crippen LogP contribution in [-0.4, -0.2) is 54.7 Å². The number of rotatable bonds is 5. The van der Waals surface area contributed by atoms with Crippen molar-refractivity contribution in [1.82, 2.24) is 4.90 Å². The van der Waals surface area contributed by atoms with Crippen LogP contribution < -0.4 is 0 Å². The molecule has 1 unspecified atom stereocenters. The number of hydrogen-bond donors (Lipinski definition) is 0. The largest absolute Gasteiger partial charge is 0.501 e. The smallest absolute Gasteiger partial charge is 0.377 e. The molecule has 0 aromatic heterocycles. The molecule has 0 aliphatic carbocycles. The van der Waals surface area contributed by atoms with E-state index in [1.807, 2.05) is 0 Å². The summed E-state index contributed by atoms with van der Waals surface area (Å²) in [5, 5.41) is 0. The normalized spacial score (nSPS) is 23.3. The molecule has 1 atom stereocenters. The highest BCUT2D eigenvalue weighted by Crippen LogP contribution is 2.22. The second kappa shape index (κ2) is 5.76. The number of hydrogen-bond acceptors (Lipinski definition) is 4. The topological polar surface area (TPSA) is 30.9 Å². The van der Waals surface area contributed by atoms with Gasteiger partial charge in [0.1, 0.15) is 0 Å². The second-order valence-electron chi connectivity index (χ2n) is 3.80. The summed E-state index contributed by atoms with van der Waals surface area (Å²) in [7, 11) is 4.69. The maximum atomic E-state index is 5.43. The molecule has 15 heavy (non-hydrogen) atoms. The highest BCUT2D eigenvalue weighted by Gasteiger charge is 2.41. The van der Waals surface area contributed by atoms with Gasteiger partial charge in [-0.15, -0.1) is 0 Å². The molecule has 0 radical (unpaired) electrons. The van der Waals surface area contributed by atoms with Gasteiger partial charge in [-0.25, -0.2) is 0 Å². The van der Waals surface area contributed by atoms with Crippen LogP contribution in [0.3, 0.4) is 0 Å². The Morgan fingerprint density at radius 2 is 1.80 bits per heavy atom. The molecule has 88 valence electrons. The van der Waals surface area contributed by atoms with E-state index in [2.05, 4.69) is 24.1 Å². The van der Waals surface area contributed by atoms with Crippen LogP contribution in [0.15, 0.2) is 12.2 Å². The molecule has 0 spiro atoms. The molecule has 0 fully saturated rings. The molecule has 1 heterocycles. The third-order valence-electron chi connectivity index (χ3n) is 3.01. The average molecular weight is 231 g/mol. The summed E-state index contributed by atoms with van der Waals surface area (Å²) >= 11 is 0. The molecule has 0 aromatic carbocycles. The molecule has 0 aromatic rings. The van der Waals surface area contributed by atoms with Crippen LogP contribution in [0, 0.1) is 0 Å². The van der Waals surface area contributed by atoms with Gasteiger partial charge in [0.25, 0.3) is 0 Å². The predicted octanol–water partition coefficient (Wildman–Crippen LogP) is 1.12.